The Morgan fingerprint density at radius 1 is 1.27 bits per heavy atom. The molecule has 1 aromatic rings. The largest absolute Gasteiger partial charge is 0.470 e. The van der Waals surface area contributed by atoms with Crippen molar-refractivity contribution in [1.82, 2.24) is 0 Å². The van der Waals surface area contributed by atoms with Gasteiger partial charge in [0, 0.05) is 5.02 Å². The normalized spacial score (nSPS) is 12.2. The average Bonchev–Trinajstić information content (AvgIpc) is 2.43. The van der Waals surface area contributed by atoms with Crippen LogP contribution in [0.3, 0.4) is 0 Å². The lowest BCUT2D eigenvalue weighted by Gasteiger charge is -2.21. The highest BCUT2D eigenvalue weighted by Crippen LogP contribution is 2.26. The highest BCUT2D eigenvalue weighted by molar-refractivity contribution is 6.31. The van der Waals surface area contributed by atoms with Gasteiger partial charge in [-0.3, -0.25) is 4.79 Å². The fourth-order valence-electron chi connectivity index (χ4n) is 1.48. The lowest BCUT2D eigenvalue weighted by Crippen LogP contribution is -2.31. The summed E-state index contributed by atoms with van der Waals surface area (Å²) in [7, 11) is 1.12. The van der Waals surface area contributed by atoms with Crippen molar-refractivity contribution >= 4 is 29.8 Å². The quantitative estimate of drug-likeness (QED) is 0.469. The van der Waals surface area contributed by atoms with Gasteiger partial charge < -0.3 is 14.2 Å². The van der Waals surface area contributed by atoms with E-state index in [4.69, 9.17) is 21.1 Å². The number of carbonyl (C=O) groups excluding carboxylic acids is 3. The minimum atomic E-state index is -1.48. The van der Waals surface area contributed by atoms with Crippen LogP contribution in [-0.4, -0.2) is 37.0 Å². The van der Waals surface area contributed by atoms with E-state index < -0.39 is 23.6 Å². The zero-order valence-corrected chi connectivity index (χ0v) is 13.5. The standard InChI is InChI=1S/C15H17ClO6/c1-15(2,3)22-13(18)10-7-9(16)5-6-11(10)21-12(8-17)14(19)20-4/h5-8,12H,1-4H3. The Balaban J connectivity index is 3.12. The molecule has 0 amide bonds. The molecule has 0 aliphatic rings. The summed E-state index contributed by atoms with van der Waals surface area (Å²) in [5.41, 5.74) is -0.707. The molecule has 0 aromatic heterocycles. The number of hydrogen-bond acceptors (Lipinski definition) is 6. The number of esters is 2. The SMILES string of the molecule is COC(=O)C(C=O)Oc1ccc(Cl)cc1C(=O)OC(C)(C)C. The van der Waals surface area contributed by atoms with Crippen LogP contribution in [0.15, 0.2) is 18.2 Å². The van der Waals surface area contributed by atoms with Gasteiger partial charge in [0.2, 0.25) is 6.10 Å². The van der Waals surface area contributed by atoms with Gasteiger partial charge in [-0.15, -0.1) is 0 Å². The second-order valence-electron chi connectivity index (χ2n) is 5.34. The molecule has 0 bridgehead atoms. The summed E-state index contributed by atoms with van der Waals surface area (Å²) >= 11 is 5.87. The first kappa shape index (κ1) is 18.0. The van der Waals surface area contributed by atoms with Gasteiger partial charge in [0.05, 0.1) is 7.11 Å². The van der Waals surface area contributed by atoms with Crippen LogP contribution in [-0.2, 0) is 19.1 Å². The molecule has 0 heterocycles. The minimum Gasteiger partial charge on any atom is -0.470 e. The zero-order chi connectivity index (χ0) is 16.9. The second kappa shape index (κ2) is 7.26. The van der Waals surface area contributed by atoms with Gasteiger partial charge in [0.25, 0.3) is 0 Å². The summed E-state index contributed by atoms with van der Waals surface area (Å²) < 4.78 is 14.9. The molecule has 0 radical (unpaired) electrons. The molecule has 120 valence electrons. The van der Waals surface area contributed by atoms with E-state index in [0.717, 1.165) is 7.11 Å². The maximum Gasteiger partial charge on any atom is 0.354 e. The van der Waals surface area contributed by atoms with Gasteiger partial charge in [0.1, 0.15) is 16.9 Å². The van der Waals surface area contributed by atoms with Crippen LogP contribution in [0.5, 0.6) is 5.75 Å². The molecule has 22 heavy (non-hydrogen) atoms. The van der Waals surface area contributed by atoms with Crippen molar-refractivity contribution in [3.05, 3.63) is 28.8 Å². The molecule has 1 unspecified atom stereocenters. The molecular weight excluding hydrogens is 312 g/mol. The molecule has 0 aliphatic heterocycles. The molecule has 0 saturated carbocycles. The third-order valence-corrected chi connectivity index (χ3v) is 2.61. The maximum absolute atomic E-state index is 12.2. The number of ether oxygens (including phenoxy) is 3. The molecule has 0 spiro atoms. The minimum absolute atomic E-state index is 0.00106. The van der Waals surface area contributed by atoms with E-state index in [1.165, 1.54) is 18.2 Å². The van der Waals surface area contributed by atoms with Crippen LogP contribution in [0.25, 0.3) is 0 Å². The summed E-state index contributed by atoms with van der Waals surface area (Å²) in [6, 6.07) is 4.18. The van der Waals surface area contributed by atoms with Crippen LogP contribution in [0.2, 0.25) is 5.02 Å². The highest BCUT2D eigenvalue weighted by Gasteiger charge is 2.26. The first-order chi connectivity index (χ1) is 10.2. The van der Waals surface area contributed by atoms with Gasteiger partial charge in [-0.25, -0.2) is 9.59 Å². The second-order valence-corrected chi connectivity index (χ2v) is 5.78. The Bertz CT molecular complexity index is 576. The van der Waals surface area contributed by atoms with Gasteiger partial charge in [-0.2, -0.15) is 0 Å². The Kier molecular flexibility index (Phi) is 5.93. The third-order valence-electron chi connectivity index (χ3n) is 2.37. The zero-order valence-electron chi connectivity index (χ0n) is 12.7. The molecule has 1 atom stereocenters. The topological polar surface area (TPSA) is 78.9 Å². The molecule has 0 N–H and O–H groups in total. The molecule has 1 aromatic carbocycles. The highest BCUT2D eigenvalue weighted by atomic mass is 35.5. The van der Waals surface area contributed by atoms with Crippen molar-refractivity contribution in [1.29, 1.82) is 0 Å². The monoisotopic (exact) mass is 328 g/mol. The van der Waals surface area contributed by atoms with E-state index in [9.17, 15) is 14.4 Å². The van der Waals surface area contributed by atoms with Gasteiger partial charge in [-0.05, 0) is 39.0 Å². The molecule has 0 saturated heterocycles. The number of benzene rings is 1. The molecule has 0 fully saturated rings. The van der Waals surface area contributed by atoms with Crippen LogP contribution < -0.4 is 4.74 Å². The fraction of sp³-hybridized carbons (Fsp3) is 0.400. The Labute approximate surface area is 133 Å². The summed E-state index contributed by atoms with van der Waals surface area (Å²) in [4.78, 5) is 34.5. The van der Waals surface area contributed by atoms with E-state index in [-0.39, 0.29) is 22.6 Å². The predicted molar refractivity (Wildman–Crippen MR) is 79.1 cm³/mol. The molecule has 7 heteroatoms. The molecule has 6 nitrogen and oxygen atoms in total. The van der Waals surface area contributed by atoms with Crippen molar-refractivity contribution in [2.24, 2.45) is 0 Å². The Morgan fingerprint density at radius 2 is 1.91 bits per heavy atom. The Morgan fingerprint density at radius 3 is 2.41 bits per heavy atom. The molecule has 1 rings (SSSR count). The van der Waals surface area contributed by atoms with Crippen molar-refractivity contribution in [3.63, 3.8) is 0 Å². The fourth-order valence-corrected chi connectivity index (χ4v) is 1.65. The van der Waals surface area contributed by atoms with Gasteiger partial charge in [0.15, 0.2) is 6.29 Å². The predicted octanol–water partition coefficient (Wildman–Crippen LogP) is 2.41. The number of halogens is 1. The van der Waals surface area contributed by atoms with E-state index in [0.29, 0.717) is 0 Å². The van der Waals surface area contributed by atoms with Gasteiger partial charge in [-0.1, -0.05) is 11.6 Å². The van der Waals surface area contributed by atoms with Crippen molar-refractivity contribution in [2.75, 3.05) is 7.11 Å². The molecular formula is C15H17ClO6. The molecule has 0 aliphatic carbocycles. The van der Waals surface area contributed by atoms with E-state index >= 15 is 0 Å². The van der Waals surface area contributed by atoms with Crippen molar-refractivity contribution in [3.8, 4) is 5.75 Å². The lowest BCUT2D eigenvalue weighted by molar-refractivity contribution is -0.150. The van der Waals surface area contributed by atoms with Crippen molar-refractivity contribution < 1.29 is 28.6 Å². The van der Waals surface area contributed by atoms with E-state index in [2.05, 4.69) is 4.74 Å². The number of rotatable bonds is 5. The first-order valence-corrected chi connectivity index (χ1v) is 6.78. The Hall–Kier alpha value is -2.08. The number of hydrogen-bond donors (Lipinski definition) is 0. The maximum atomic E-state index is 12.2. The van der Waals surface area contributed by atoms with Crippen LogP contribution in [0.4, 0.5) is 0 Å². The smallest absolute Gasteiger partial charge is 0.354 e. The number of carbonyl (C=O) groups is 3. The van der Waals surface area contributed by atoms with Gasteiger partial charge >= 0.3 is 11.9 Å². The van der Waals surface area contributed by atoms with E-state index in [1.54, 1.807) is 20.8 Å². The lowest BCUT2D eigenvalue weighted by atomic mass is 10.1. The summed E-state index contributed by atoms with van der Waals surface area (Å²) in [5.74, 6) is -1.55. The van der Waals surface area contributed by atoms with E-state index in [1.807, 2.05) is 0 Å². The number of aldehydes is 1. The summed E-state index contributed by atoms with van der Waals surface area (Å²) in [6.07, 6.45) is -1.20. The third kappa shape index (κ3) is 5.04. The average molecular weight is 329 g/mol. The van der Waals surface area contributed by atoms with Crippen LogP contribution in [0.1, 0.15) is 31.1 Å². The van der Waals surface area contributed by atoms with Crippen molar-refractivity contribution in [2.45, 2.75) is 32.5 Å². The summed E-state index contributed by atoms with van der Waals surface area (Å²) in [6.45, 7) is 5.12. The van der Waals surface area contributed by atoms with Crippen LogP contribution in [0, 0.1) is 0 Å². The number of methoxy groups -OCH3 is 1. The first-order valence-electron chi connectivity index (χ1n) is 6.40. The van der Waals surface area contributed by atoms with Crippen LogP contribution >= 0.6 is 11.6 Å². The summed E-state index contributed by atoms with van der Waals surface area (Å²) in [5, 5.41) is 0.286.